The summed E-state index contributed by atoms with van der Waals surface area (Å²) in [5.74, 6) is -1.08. The molecule has 0 saturated carbocycles. The Kier molecular flexibility index (Phi) is 5.78. The Morgan fingerprint density at radius 3 is 2.43 bits per heavy atom. The first-order chi connectivity index (χ1) is 14.0. The van der Waals surface area contributed by atoms with Crippen molar-refractivity contribution in [1.82, 2.24) is 9.80 Å². The number of rotatable bonds is 6. The van der Waals surface area contributed by atoms with Gasteiger partial charge in [0.2, 0.25) is 15.9 Å². The number of aryl methyl sites for hydroxylation is 1. The molecule has 2 N–H and O–H groups in total. The molecule has 0 radical (unpaired) electrons. The van der Waals surface area contributed by atoms with Crippen LogP contribution in [-0.2, 0) is 14.8 Å². The van der Waals surface area contributed by atoms with E-state index in [-0.39, 0.29) is 23.8 Å². The molecule has 0 aromatic heterocycles. The van der Waals surface area contributed by atoms with Crippen LogP contribution in [0.3, 0.4) is 0 Å². The number of sulfonamides is 1. The zero-order valence-corrected chi connectivity index (χ0v) is 17.8. The summed E-state index contributed by atoms with van der Waals surface area (Å²) in [4.78, 5) is 40.2. The molecule has 1 unspecified atom stereocenters. The molecule has 1 heterocycles. The van der Waals surface area contributed by atoms with Crippen molar-refractivity contribution in [3.8, 4) is 0 Å². The van der Waals surface area contributed by atoms with E-state index in [1.165, 1.54) is 17.0 Å². The normalized spacial score (nSPS) is 14.6. The van der Waals surface area contributed by atoms with E-state index in [2.05, 4.69) is 0 Å². The van der Waals surface area contributed by atoms with Gasteiger partial charge >= 0.3 is 0 Å². The standard InChI is InChI=1S/C21H23N3O5S/c1-13-7-8-17-18(11-13)21(27)24(20(17)26)10-9-19(25)23(3)14(2)15-5-4-6-16(12-15)30(22,28)29/h4-8,11-12,14H,9-10H2,1-3H3,(H2,22,28,29). The zero-order valence-electron chi connectivity index (χ0n) is 17.0. The predicted molar refractivity (Wildman–Crippen MR) is 110 cm³/mol. The summed E-state index contributed by atoms with van der Waals surface area (Å²) in [6.45, 7) is 3.56. The third kappa shape index (κ3) is 4.12. The highest BCUT2D eigenvalue weighted by Crippen LogP contribution is 2.25. The Hall–Kier alpha value is -3.04. The maximum Gasteiger partial charge on any atom is 0.261 e. The van der Waals surface area contributed by atoms with Gasteiger partial charge in [0.15, 0.2) is 0 Å². The molecule has 1 aliphatic heterocycles. The van der Waals surface area contributed by atoms with E-state index in [4.69, 9.17) is 5.14 Å². The minimum atomic E-state index is -3.85. The highest BCUT2D eigenvalue weighted by molar-refractivity contribution is 7.89. The average Bonchev–Trinajstić information content (AvgIpc) is 2.94. The molecular formula is C21H23N3O5S. The minimum absolute atomic E-state index is 0.0293. The van der Waals surface area contributed by atoms with E-state index in [1.807, 2.05) is 6.92 Å². The number of fused-ring (bicyclic) bond motifs is 1. The van der Waals surface area contributed by atoms with Crippen LogP contribution in [0, 0.1) is 6.92 Å². The Labute approximate surface area is 175 Å². The van der Waals surface area contributed by atoms with Crippen molar-refractivity contribution in [3.63, 3.8) is 0 Å². The first-order valence-corrected chi connectivity index (χ1v) is 10.9. The van der Waals surface area contributed by atoms with Gasteiger partial charge in [-0.1, -0.05) is 23.8 Å². The largest absolute Gasteiger partial charge is 0.339 e. The van der Waals surface area contributed by atoms with Gasteiger partial charge in [-0.3, -0.25) is 19.3 Å². The number of carbonyl (C=O) groups is 3. The lowest BCUT2D eigenvalue weighted by Crippen LogP contribution is -2.36. The molecule has 0 aliphatic carbocycles. The van der Waals surface area contributed by atoms with Crippen LogP contribution in [-0.4, -0.2) is 49.5 Å². The lowest BCUT2D eigenvalue weighted by Gasteiger charge is -2.26. The molecule has 1 aliphatic rings. The summed E-state index contributed by atoms with van der Waals surface area (Å²) in [5, 5.41) is 5.17. The number of benzene rings is 2. The van der Waals surface area contributed by atoms with Crippen LogP contribution in [0.15, 0.2) is 47.4 Å². The minimum Gasteiger partial charge on any atom is -0.339 e. The second-order valence-corrected chi connectivity index (χ2v) is 8.92. The first-order valence-electron chi connectivity index (χ1n) is 9.36. The molecule has 0 bridgehead atoms. The third-order valence-electron chi connectivity index (χ3n) is 5.32. The van der Waals surface area contributed by atoms with Crippen molar-refractivity contribution in [1.29, 1.82) is 0 Å². The van der Waals surface area contributed by atoms with Crippen LogP contribution < -0.4 is 5.14 Å². The van der Waals surface area contributed by atoms with Crippen LogP contribution in [0.1, 0.15) is 51.2 Å². The van der Waals surface area contributed by atoms with Gasteiger partial charge < -0.3 is 4.90 Å². The van der Waals surface area contributed by atoms with Crippen LogP contribution in [0.25, 0.3) is 0 Å². The quantitative estimate of drug-likeness (QED) is 0.703. The summed E-state index contributed by atoms with van der Waals surface area (Å²) in [6.07, 6.45) is -0.0415. The summed E-state index contributed by atoms with van der Waals surface area (Å²) >= 11 is 0. The zero-order chi connectivity index (χ0) is 22.2. The van der Waals surface area contributed by atoms with Crippen molar-refractivity contribution in [3.05, 3.63) is 64.7 Å². The van der Waals surface area contributed by atoms with Gasteiger partial charge in [0.1, 0.15) is 0 Å². The lowest BCUT2D eigenvalue weighted by atomic mass is 10.1. The fraction of sp³-hybridized carbons (Fsp3) is 0.286. The fourth-order valence-corrected chi connectivity index (χ4v) is 3.95. The summed E-state index contributed by atoms with van der Waals surface area (Å²) < 4.78 is 23.1. The van der Waals surface area contributed by atoms with E-state index in [0.717, 1.165) is 10.5 Å². The second-order valence-electron chi connectivity index (χ2n) is 7.36. The van der Waals surface area contributed by atoms with E-state index >= 15 is 0 Å². The summed E-state index contributed by atoms with van der Waals surface area (Å²) in [5.41, 5.74) is 2.19. The highest BCUT2D eigenvalue weighted by Gasteiger charge is 2.35. The van der Waals surface area contributed by atoms with Gasteiger partial charge in [-0.05, 0) is 43.7 Å². The van der Waals surface area contributed by atoms with Crippen LogP contribution in [0.5, 0.6) is 0 Å². The van der Waals surface area contributed by atoms with Gasteiger partial charge in [-0.25, -0.2) is 13.6 Å². The predicted octanol–water partition coefficient (Wildman–Crippen LogP) is 1.85. The van der Waals surface area contributed by atoms with Crippen molar-refractivity contribution in [2.75, 3.05) is 13.6 Å². The Morgan fingerprint density at radius 2 is 1.77 bits per heavy atom. The number of hydrogen-bond acceptors (Lipinski definition) is 5. The van der Waals surface area contributed by atoms with E-state index < -0.39 is 27.9 Å². The van der Waals surface area contributed by atoms with Gasteiger partial charge in [0, 0.05) is 20.0 Å². The van der Waals surface area contributed by atoms with Crippen molar-refractivity contribution >= 4 is 27.7 Å². The molecule has 0 spiro atoms. The number of nitrogens with two attached hydrogens (primary N) is 1. The highest BCUT2D eigenvalue weighted by atomic mass is 32.2. The van der Waals surface area contributed by atoms with E-state index in [0.29, 0.717) is 16.7 Å². The smallest absolute Gasteiger partial charge is 0.261 e. The number of hydrogen-bond donors (Lipinski definition) is 1. The number of primary sulfonamides is 1. The molecule has 0 saturated heterocycles. The molecule has 2 aromatic rings. The monoisotopic (exact) mass is 429 g/mol. The molecule has 8 nitrogen and oxygen atoms in total. The van der Waals surface area contributed by atoms with E-state index in [1.54, 1.807) is 44.3 Å². The number of nitrogens with zero attached hydrogens (tertiary/aromatic N) is 2. The van der Waals surface area contributed by atoms with Crippen molar-refractivity contribution in [2.24, 2.45) is 5.14 Å². The fourth-order valence-electron chi connectivity index (χ4n) is 3.38. The first kappa shape index (κ1) is 21.7. The Morgan fingerprint density at radius 1 is 1.10 bits per heavy atom. The molecular weight excluding hydrogens is 406 g/mol. The van der Waals surface area contributed by atoms with Gasteiger partial charge in [-0.2, -0.15) is 0 Å². The SMILES string of the molecule is Cc1ccc2c(c1)C(=O)N(CCC(=O)N(C)C(C)c1cccc(S(N)(=O)=O)c1)C2=O. The lowest BCUT2D eigenvalue weighted by molar-refractivity contribution is -0.131. The topological polar surface area (TPSA) is 118 Å². The maximum atomic E-state index is 12.7. The Bertz CT molecular complexity index is 1140. The van der Waals surface area contributed by atoms with Crippen molar-refractivity contribution in [2.45, 2.75) is 31.2 Å². The second kappa shape index (κ2) is 8.00. The van der Waals surface area contributed by atoms with E-state index in [9.17, 15) is 22.8 Å². The molecule has 9 heteroatoms. The average molecular weight is 429 g/mol. The van der Waals surface area contributed by atoms with Crippen LogP contribution in [0.2, 0.25) is 0 Å². The molecule has 3 amide bonds. The molecule has 3 rings (SSSR count). The number of amides is 3. The Balaban J connectivity index is 1.68. The summed E-state index contributed by atoms with van der Waals surface area (Å²) in [7, 11) is -2.27. The molecule has 2 aromatic carbocycles. The van der Waals surface area contributed by atoms with Gasteiger partial charge in [0.25, 0.3) is 11.8 Å². The molecule has 0 fully saturated rings. The van der Waals surface area contributed by atoms with Crippen LogP contribution >= 0.6 is 0 Å². The van der Waals surface area contributed by atoms with Gasteiger partial charge in [-0.15, -0.1) is 0 Å². The van der Waals surface area contributed by atoms with Crippen LogP contribution in [0.4, 0.5) is 0 Å². The van der Waals surface area contributed by atoms with Gasteiger partial charge in [0.05, 0.1) is 22.1 Å². The molecule has 158 valence electrons. The molecule has 1 atom stereocenters. The molecule has 30 heavy (non-hydrogen) atoms. The maximum absolute atomic E-state index is 12.7. The number of imide groups is 1. The third-order valence-corrected chi connectivity index (χ3v) is 6.23. The summed E-state index contributed by atoms with van der Waals surface area (Å²) in [6, 6.07) is 10.7. The number of carbonyl (C=O) groups excluding carboxylic acids is 3. The van der Waals surface area contributed by atoms with Crippen molar-refractivity contribution < 1.29 is 22.8 Å².